The molecule has 5 aromatic rings. The van der Waals surface area contributed by atoms with Crippen LogP contribution in [0.1, 0.15) is 52.7 Å². The summed E-state index contributed by atoms with van der Waals surface area (Å²) in [7, 11) is 0. The largest absolute Gasteiger partial charge is 0.309 e. The molecule has 3 heteroatoms. The zero-order chi connectivity index (χ0) is 25.0. The molecule has 4 aromatic carbocycles. The van der Waals surface area contributed by atoms with Gasteiger partial charge in [-0.1, -0.05) is 81.4 Å². The van der Waals surface area contributed by atoms with Gasteiger partial charge in [-0.25, -0.2) is 0 Å². The first-order valence-corrected chi connectivity index (χ1v) is 13.7. The third kappa shape index (κ3) is 4.81. The van der Waals surface area contributed by atoms with Crippen LogP contribution in [-0.2, 0) is 10.8 Å². The Morgan fingerprint density at radius 1 is 0.571 bits per heavy atom. The fourth-order valence-electron chi connectivity index (χ4n) is 4.54. The summed E-state index contributed by atoms with van der Waals surface area (Å²) in [5.74, 6) is 0. The second kappa shape index (κ2) is 8.87. The van der Waals surface area contributed by atoms with Gasteiger partial charge >= 0.3 is 0 Å². The molecule has 0 N–H and O–H groups in total. The van der Waals surface area contributed by atoms with Crippen LogP contribution in [0.4, 0.5) is 0 Å². The van der Waals surface area contributed by atoms with Crippen molar-refractivity contribution in [3.8, 4) is 5.69 Å². The lowest BCUT2D eigenvalue weighted by molar-refractivity contribution is 0.590. The van der Waals surface area contributed by atoms with Gasteiger partial charge in [0.2, 0.25) is 0 Å². The van der Waals surface area contributed by atoms with E-state index in [9.17, 15) is 0 Å². The number of nitrogens with zero attached hydrogens (tertiary/aromatic N) is 1. The van der Waals surface area contributed by atoms with Gasteiger partial charge in [0.15, 0.2) is 0 Å². The van der Waals surface area contributed by atoms with Crippen LogP contribution in [0.2, 0.25) is 0 Å². The van der Waals surface area contributed by atoms with Crippen LogP contribution in [0.3, 0.4) is 0 Å². The second-order valence-electron chi connectivity index (χ2n) is 11.3. The average Bonchev–Trinajstić information content (AvgIpc) is 3.13. The Balaban J connectivity index is 1.65. The number of fused-ring (bicyclic) bond motifs is 3. The number of aromatic nitrogens is 1. The summed E-state index contributed by atoms with van der Waals surface area (Å²) >= 11 is 5.31. The van der Waals surface area contributed by atoms with Crippen molar-refractivity contribution in [2.45, 2.75) is 62.2 Å². The topological polar surface area (TPSA) is 4.93 Å². The minimum absolute atomic E-state index is 0.107. The van der Waals surface area contributed by atoms with Crippen molar-refractivity contribution in [3.05, 3.63) is 101 Å². The molecule has 0 saturated heterocycles. The Bertz CT molecular complexity index is 1440. The van der Waals surface area contributed by atoms with Crippen molar-refractivity contribution in [1.29, 1.82) is 0 Å². The zero-order valence-electron chi connectivity index (χ0n) is 21.3. The van der Waals surface area contributed by atoms with Crippen molar-refractivity contribution in [1.82, 2.24) is 4.57 Å². The first-order valence-electron chi connectivity index (χ1n) is 12.1. The molecule has 1 heterocycles. The Morgan fingerprint density at radius 3 is 1.43 bits per heavy atom. The van der Waals surface area contributed by atoms with E-state index in [0.717, 1.165) is 4.47 Å². The van der Waals surface area contributed by atoms with E-state index in [1.807, 2.05) is 0 Å². The molecule has 0 saturated carbocycles. The third-order valence-electron chi connectivity index (χ3n) is 6.64. The Hall–Kier alpha value is -2.49. The molecular formula is C32H32BrNS. The highest BCUT2D eigenvalue weighted by Crippen LogP contribution is 2.38. The molecule has 178 valence electrons. The lowest BCUT2D eigenvalue weighted by Gasteiger charge is -2.19. The summed E-state index contributed by atoms with van der Waals surface area (Å²) in [6, 6.07) is 31.4. The van der Waals surface area contributed by atoms with E-state index in [2.05, 4.69) is 147 Å². The summed E-state index contributed by atoms with van der Waals surface area (Å²) < 4.78 is 3.52. The first kappa shape index (κ1) is 24.2. The Labute approximate surface area is 221 Å². The molecule has 0 spiro atoms. The molecule has 0 bridgehead atoms. The van der Waals surface area contributed by atoms with Gasteiger partial charge in [0.25, 0.3) is 0 Å². The molecule has 35 heavy (non-hydrogen) atoms. The summed E-state index contributed by atoms with van der Waals surface area (Å²) in [6.45, 7) is 13.7. The van der Waals surface area contributed by atoms with E-state index < -0.39 is 0 Å². The van der Waals surface area contributed by atoms with Crippen LogP contribution in [0.15, 0.2) is 99.2 Å². The van der Waals surface area contributed by atoms with E-state index in [0.29, 0.717) is 0 Å². The minimum Gasteiger partial charge on any atom is -0.309 e. The van der Waals surface area contributed by atoms with Crippen molar-refractivity contribution < 1.29 is 0 Å². The van der Waals surface area contributed by atoms with E-state index in [4.69, 9.17) is 0 Å². The molecule has 1 nitrogen and oxygen atoms in total. The highest BCUT2D eigenvalue weighted by molar-refractivity contribution is 9.10. The summed E-state index contributed by atoms with van der Waals surface area (Å²) in [6.07, 6.45) is 0. The quantitative estimate of drug-likeness (QED) is 0.220. The molecule has 0 amide bonds. The van der Waals surface area contributed by atoms with Gasteiger partial charge < -0.3 is 4.57 Å². The van der Waals surface area contributed by atoms with Gasteiger partial charge in [-0.15, -0.1) is 0 Å². The number of hydrogen-bond acceptors (Lipinski definition) is 1. The van der Waals surface area contributed by atoms with Crippen LogP contribution in [0.5, 0.6) is 0 Å². The molecule has 0 fully saturated rings. The van der Waals surface area contributed by atoms with Crippen molar-refractivity contribution in [2.24, 2.45) is 0 Å². The standard InChI is InChI=1S/C32H32BrNS/c1-31(2,3)21-7-17-29-27(19-21)28-20-22(32(4,5)6)8-18-30(28)34(29)24-11-15-26(16-12-24)35-25-13-9-23(33)10-14-25/h7-20H,1-6H3. The molecule has 0 aliphatic rings. The van der Waals surface area contributed by atoms with Crippen molar-refractivity contribution in [3.63, 3.8) is 0 Å². The van der Waals surface area contributed by atoms with E-state index in [-0.39, 0.29) is 10.8 Å². The van der Waals surface area contributed by atoms with Crippen LogP contribution in [-0.4, -0.2) is 4.57 Å². The predicted molar refractivity (Wildman–Crippen MR) is 156 cm³/mol. The number of halogens is 1. The zero-order valence-corrected chi connectivity index (χ0v) is 23.7. The van der Waals surface area contributed by atoms with Gasteiger partial charge in [0, 0.05) is 30.7 Å². The van der Waals surface area contributed by atoms with E-state index in [1.165, 1.54) is 48.4 Å². The van der Waals surface area contributed by atoms with Crippen molar-refractivity contribution in [2.75, 3.05) is 0 Å². The van der Waals surface area contributed by atoms with E-state index >= 15 is 0 Å². The summed E-state index contributed by atoms with van der Waals surface area (Å²) in [4.78, 5) is 2.48. The number of rotatable bonds is 3. The molecule has 1 aromatic heterocycles. The molecule has 0 atom stereocenters. The average molecular weight is 543 g/mol. The lowest BCUT2D eigenvalue weighted by atomic mass is 9.85. The fraction of sp³-hybridized carbons (Fsp3) is 0.250. The molecule has 0 aliphatic heterocycles. The highest BCUT2D eigenvalue weighted by atomic mass is 79.9. The molecule has 0 unspecified atom stereocenters. The van der Waals surface area contributed by atoms with Crippen LogP contribution >= 0.6 is 27.7 Å². The SMILES string of the molecule is CC(C)(C)c1ccc2c(c1)c1cc(C(C)(C)C)ccc1n2-c1ccc(Sc2ccc(Br)cc2)cc1. The van der Waals surface area contributed by atoms with Gasteiger partial charge in [0.1, 0.15) is 0 Å². The molecule has 5 rings (SSSR count). The van der Waals surface area contributed by atoms with Crippen LogP contribution in [0, 0.1) is 0 Å². The highest BCUT2D eigenvalue weighted by Gasteiger charge is 2.20. The van der Waals surface area contributed by atoms with E-state index in [1.54, 1.807) is 11.8 Å². The normalized spacial score (nSPS) is 12.5. The summed E-state index contributed by atoms with van der Waals surface area (Å²) in [5.41, 5.74) is 6.65. The van der Waals surface area contributed by atoms with Gasteiger partial charge in [-0.3, -0.25) is 0 Å². The van der Waals surface area contributed by atoms with Gasteiger partial charge in [0.05, 0.1) is 11.0 Å². The predicted octanol–water partition coefficient (Wildman–Crippen LogP) is 10.3. The second-order valence-corrected chi connectivity index (χ2v) is 13.4. The monoisotopic (exact) mass is 541 g/mol. The fourth-order valence-corrected chi connectivity index (χ4v) is 5.62. The maximum atomic E-state index is 3.52. The first-order chi connectivity index (χ1) is 16.5. The van der Waals surface area contributed by atoms with Crippen LogP contribution < -0.4 is 0 Å². The smallest absolute Gasteiger partial charge is 0.0541 e. The molecular weight excluding hydrogens is 510 g/mol. The maximum absolute atomic E-state index is 3.52. The Morgan fingerprint density at radius 2 is 1.00 bits per heavy atom. The van der Waals surface area contributed by atoms with Crippen molar-refractivity contribution >= 4 is 49.5 Å². The number of benzene rings is 4. The van der Waals surface area contributed by atoms with Gasteiger partial charge in [-0.05, 0) is 94.8 Å². The summed E-state index contributed by atoms with van der Waals surface area (Å²) in [5, 5.41) is 2.65. The number of hydrogen-bond donors (Lipinski definition) is 0. The van der Waals surface area contributed by atoms with Gasteiger partial charge in [-0.2, -0.15) is 0 Å². The maximum Gasteiger partial charge on any atom is 0.0541 e. The van der Waals surface area contributed by atoms with Crippen LogP contribution in [0.25, 0.3) is 27.5 Å². The molecule has 0 aliphatic carbocycles. The Kier molecular flexibility index (Phi) is 6.14. The molecule has 0 radical (unpaired) electrons. The lowest BCUT2D eigenvalue weighted by Crippen LogP contribution is -2.10. The third-order valence-corrected chi connectivity index (χ3v) is 8.19. The minimum atomic E-state index is 0.107.